The quantitative estimate of drug-likeness (QED) is 0.521. The van der Waals surface area contributed by atoms with Crippen LogP contribution in [-0.2, 0) is 4.79 Å². The Hall–Kier alpha value is -0.590. The van der Waals surface area contributed by atoms with E-state index in [4.69, 9.17) is 0 Å². The highest BCUT2D eigenvalue weighted by atomic mass is 16.1. The second-order valence-corrected chi connectivity index (χ2v) is 4.77. The monoisotopic (exact) mass is 178 g/mol. The van der Waals surface area contributed by atoms with Gasteiger partial charge in [-0.15, -0.1) is 0 Å². The Morgan fingerprint density at radius 3 is 3.00 bits per heavy atom. The fourth-order valence-electron chi connectivity index (χ4n) is 3.05. The van der Waals surface area contributed by atoms with Crippen molar-refractivity contribution in [3.05, 3.63) is 11.6 Å². The first-order valence-electron chi connectivity index (χ1n) is 5.34. The summed E-state index contributed by atoms with van der Waals surface area (Å²) in [6.07, 6.45) is 7.65. The van der Waals surface area contributed by atoms with E-state index in [2.05, 4.69) is 19.9 Å². The lowest BCUT2D eigenvalue weighted by molar-refractivity contribution is -0.133. The summed E-state index contributed by atoms with van der Waals surface area (Å²) in [7, 11) is 0. The molecule has 2 atom stereocenters. The maximum absolute atomic E-state index is 11.9. The number of hydrogen-bond acceptors (Lipinski definition) is 1. The second-order valence-electron chi connectivity index (χ2n) is 4.77. The topological polar surface area (TPSA) is 17.1 Å². The van der Waals surface area contributed by atoms with Crippen molar-refractivity contribution in [3.63, 3.8) is 0 Å². The van der Waals surface area contributed by atoms with Gasteiger partial charge in [0.25, 0.3) is 0 Å². The van der Waals surface area contributed by atoms with Crippen molar-refractivity contribution in [3.8, 4) is 0 Å². The normalized spacial score (nSPS) is 39.7. The fourth-order valence-corrected chi connectivity index (χ4v) is 3.05. The SMILES string of the molecule is CC1=CCC[C@]2(C)C(=O)CCC[C@@H]12. The van der Waals surface area contributed by atoms with Crippen LogP contribution in [0.15, 0.2) is 11.6 Å². The van der Waals surface area contributed by atoms with E-state index in [-0.39, 0.29) is 5.41 Å². The Labute approximate surface area is 80.2 Å². The maximum atomic E-state index is 11.9. The fraction of sp³-hybridized carbons (Fsp3) is 0.750. The molecule has 0 spiro atoms. The first kappa shape index (κ1) is 8.98. The van der Waals surface area contributed by atoms with Crippen molar-refractivity contribution >= 4 is 5.78 Å². The zero-order valence-electron chi connectivity index (χ0n) is 8.60. The van der Waals surface area contributed by atoms with Crippen LogP contribution in [0.5, 0.6) is 0 Å². The smallest absolute Gasteiger partial charge is 0.139 e. The van der Waals surface area contributed by atoms with Crippen LogP contribution in [0.4, 0.5) is 0 Å². The summed E-state index contributed by atoms with van der Waals surface area (Å²) in [6, 6.07) is 0. The molecule has 0 bridgehead atoms. The van der Waals surface area contributed by atoms with E-state index in [1.165, 1.54) is 12.0 Å². The lowest BCUT2D eigenvalue weighted by atomic mass is 9.60. The molecule has 72 valence electrons. The summed E-state index contributed by atoms with van der Waals surface area (Å²) in [5.74, 6) is 1.07. The average Bonchev–Trinajstić information content (AvgIpc) is 2.08. The number of fused-ring (bicyclic) bond motifs is 1. The van der Waals surface area contributed by atoms with Crippen LogP contribution >= 0.6 is 0 Å². The Morgan fingerprint density at radius 1 is 1.54 bits per heavy atom. The molecule has 0 aromatic carbocycles. The molecule has 1 heteroatoms. The molecule has 0 aliphatic heterocycles. The molecular weight excluding hydrogens is 160 g/mol. The van der Waals surface area contributed by atoms with Crippen molar-refractivity contribution < 1.29 is 4.79 Å². The third-order valence-corrected chi connectivity index (χ3v) is 3.98. The van der Waals surface area contributed by atoms with E-state index >= 15 is 0 Å². The van der Waals surface area contributed by atoms with Gasteiger partial charge in [-0.05, 0) is 38.5 Å². The Bertz CT molecular complexity index is 264. The van der Waals surface area contributed by atoms with Gasteiger partial charge in [0.15, 0.2) is 0 Å². The summed E-state index contributed by atoms with van der Waals surface area (Å²) in [6.45, 7) is 4.37. The van der Waals surface area contributed by atoms with Crippen molar-refractivity contribution in [1.82, 2.24) is 0 Å². The molecule has 0 saturated heterocycles. The summed E-state index contributed by atoms with van der Waals surface area (Å²) in [5, 5.41) is 0. The van der Waals surface area contributed by atoms with Gasteiger partial charge in [0.05, 0.1) is 0 Å². The van der Waals surface area contributed by atoms with Crippen LogP contribution in [-0.4, -0.2) is 5.78 Å². The molecule has 0 amide bonds. The zero-order valence-corrected chi connectivity index (χ0v) is 8.60. The predicted octanol–water partition coefficient (Wildman–Crippen LogP) is 3.10. The van der Waals surface area contributed by atoms with Crippen LogP contribution in [0.1, 0.15) is 46.0 Å². The third kappa shape index (κ3) is 1.25. The molecular formula is C12H18O. The summed E-state index contributed by atoms with van der Waals surface area (Å²) >= 11 is 0. The zero-order chi connectivity index (χ0) is 9.47. The van der Waals surface area contributed by atoms with Gasteiger partial charge in [-0.2, -0.15) is 0 Å². The van der Waals surface area contributed by atoms with E-state index in [0.717, 1.165) is 25.7 Å². The number of carbonyl (C=O) groups excluding carboxylic acids is 1. The molecule has 2 aliphatic carbocycles. The van der Waals surface area contributed by atoms with Crippen LogP contribution in [0.2, 0.25) is 0 Å². The predicted molar refractivity (Wildman–Crippen MR) is 53.4 cm³/mol. The number of hydrogen-bond donors (Lipinski definition) is 0. The molecule has 0 aromatic rings. The minimum Gasteiger partial charge on any atom is -0.299 e. The summed E-state index contributed by atoms with van der Waals surface area (Å²) in [4.78, 5) is 11.9. The van der Waals surface area contributed by atoms with E-state index in [0.29, 0.717) is 11.7 Å². The molecule has 0 radical (unpaired) electrons. The lowest BCUT2D eigenvalue weighted by Crippen LogP contribution is -2.41. The van der Waals surface area contributed by atoms with E-state index < -0.39 is 0 Å². The largest absolute Gasteiger partial charge is 0.299 e. The minimum absolute atomic E-state index is 0.00289. The molecule has 1 saturated carbocycles. The van der Waals surface area contributed by atoms with Crippen LogP contribution in [0.25, 0.3) is 0 Å². The molecule has 1 nitrogen and oxygen atoms in total. The highest BCUT2D eigenvalue weighted by molar-refractivity contribution is 5.86. The Balaban J connectivity index is 2.34. The molecule has 13 heavy (non-hydrogen) atoms. The second kappa shape index (κ2) is 2.97. The van der Waals surface area contributed by atoms with Gasteiger partial charge in [-0.1, -0.05) is 18.6 Å². The number of carbonyl (C=O) groups is 1. The van der Waals surface area contributed by atoms with Crippen LogP contribution in [0.3, 0.4) is 0 Å². The van der Waals surface area contributed by atoms with Crippen LogP contribution < -0.4 is 0 Å². The van der Waals surface area contributed by atoms with Gasteiger partial charge in [0.1, 0.15) is 5.78 Å². The molecule has 0 heterocycles. The van der Waals surface area contributed by atoms with E-state index in [1.54, 1.807) is 0 Å². The third-order valence-electron chi connectivity index (χ3n) is 3.98. The molecule has 0 aromatic heterocycles. The van der Waals surface area contributed by atoms with Gasteiger partial charge >= 0.3 is 0 Å². The number of rotatable bonds is 0. The Kier molecular flexibility index (Phi) is 2.05. The highest BCUT2D eigenvalue weighted by Crippen LogP contribution is 2.48. The van der Waals surface area contributed by atoms with Gasteiger partial charge in [0.2, 0.25) is 0 Å². The van der Waals surface area contributed by atoms with Gasteiger partial charge in [-0.3, -0.25) is 4.79 Å². The van der Waals surface area contributed by atoms with Crippen molar-refractivity contribution in [2.45, 2.75) is 46.0 Å². The van der Waals surface area contributed by atoms with Crippen LogP contribution in [0, 0.1) is 11.3 Å². The minimum atomic E-state index is -0.00289. The van der Waals surface area contributed by atoms with Crippen molar-refractivity contribution in [1.29, 1.82) is 0 Å². The van der Waals surface area contributed by atoms with Gasteiger partial charge in [-0.25, -0.2) is 0 Å². The molecule has 0 unspecified atom stereocenters. The molecule has 0 N–H and O–H groups in total. The molecule has 2 rings (SSSR count). The van der Waals surface area contributed by atoms with Gasteiger partial charge < -0.3 is 0 Å². The molecule has 2 aliphatic rings. The number of ketones is 1. The first-order valence-corrected chi connectivity index (χ1v) is 5.34. The van der Waals surface area contributed by atoms with Gasteiger partial charge in [0, 0.05) is 11.8 Å². The first-order chi connectivity index (χ1) is 6.14. The standard InChI is InChI=1S/C12H18O/c1-9-5-4-8-12(2)10(9)6-3-7-11(12)13/h5,10H,3-4,6-8H2,1-2H3/t10-,12-/m0/s1. The van der Waals surface area contributed by atoms with Crippen molar-refractivity contribution in [2.75, 3.05) is 0 Å². The average molecular weight is 178 g/mol. The number of Topliss-reactive ketones (excluding diaryl/α,β-unsaturated/α-hetero) is 1. The maximum Gasteiger partial charge on any atom is 0.139 e. The van der Waals surface area contributed by atoms with E-state index in [1.807, 2.05) is 0 Å². The van der Waals surface area contributed by atoms with E-state index in [9.17, 15) is 4.79 Å². The highest BCUT2D eigenvalue weighted by Gasteiger charge is 2.44. The van der Waals surface area contributed by atoms with Crippen molar-refractivity contribution in [2.24, 2.45) is 11.3 Å². The molecule has 1 fully saturated rings. The number of allylic oxidation sites excluding steroid dienone is 2. The lowest BCUT2D eigenvalue weighted by Gasteiger charge is -2.43. The Morgan fingerprint density at radius 2 is 2.31 bits per heavy atom. The summed E-state index contributed by atoms with van der Waals surface area (Å²) < 4.78 is 0. The summed E-state index contributed by atoms with van der Waals surface area (Å²) in [5.41, 5.74) is 1.46.